The summed E-state index contributed by atoms with van der Waals surface area (Å²) in [5.41, 5.74) is 0.0123. The van der Waals surface area contributed by atoms with Crippen LogP contribution in [-0.2, 0) is 11.3 Å². The average Bonchev–Trinajstić information content (AvgIpc) is 2.74. The predicted molar refractivity (Wildman–Crippen MR) is 77.9 cm³/mol. The lowest BCUT2D eigenvalue weighted by Gasteiger charge is -2.29. The summed E-state index contributed by atoms with van der Waals surface area (Å²) in [5, 5.41) is 12.9. The van der Waals surface area contributed by atoms with Gasteiger partial charge in [0.15, 0.2) is 0 Å². The van der Waals surface area contributed by atoms with Gasteiger partial charge in [0.25, 0.3) is 0 Å². The molecule has 2 aromatic heterocycles. The van der Waals surface area contributed by atoms with Gasteiger partial charge in [0.05, 0.1) is 5.69 Å². The van der Waals surface area contributed by atoms with E-state index < -0.39 is 11.5 Å². The summed E-state index contributed by atoms with van der Waals surface area (Å²) in [6.07, 6.45) is 11.0. The Hall–Kier alpha value is -1.95. The second kappa shape index (κ2) is 5.81. The minimum absolute atomic E-state index is 0.454. The zero-order chi connectivity index (χ0) is 14.7. The number of carboxylic acid groups (broad SMARTS) is 1. The van der Waals surface area contributed by atoms with Crippen molar-refractivity contribution in [2.24, 2.45) is 0 Å². The van der Waals surface area contributed by atoms with Crippen LogP contribution in [0.3, 0.4) is 0 Å². The molecule has 0 amide bonds. The molecule has 2 N–H and O–H groups in total. The monoisotopic (exact) mass is 288 g/mol. The molecule has 0 bridgehead atoms. The summed E-state index contributed by atoms with van der Waals surface area (Å²) in [6, 6.07) is 1.84. The highest BCUT2D eigenvalue weighted by Crippen LogP contribution is 2.27. The van der Waals surface area contributed by atoms with Crippen LogP contribution < -0.4 is 5.32 Å². The highest BCUT2D eigenvalue weighted by atomic mass is 16.4. The number of fused-ring (bicyclic) bond motifs is 1. The van der Waals surface area contributed by atoms with Crippen molar-refractivity contribution in [1.82, 2.24) is 19.7 Å². The topological polar surface area (TPSA) is 79.5 Å². The van der Waals surface area contributed by atoms with Gasteiger partial charge in [-0.1, -0.05) is 25.7 Å². The normalized spacial score (nSPS) is 18.5. The van der Waals surface area contributed by atoms with Gasteiger partial charge in [-0.2, -0.15) is 0 Å². The number of carboxylic acids is 1. The van der Waals surface area contributed by atoms with E-state index in [0.29, 0.717) is 25.2 Å². The van der Waals surface area contributed by atoms with Crippen molar-refractivity contribution in [2.45, 2.75) is 50.6 Å². The Bertz CT molecular complexity index is 596. The summed E-state index contributed by atoms with van der Waals surface area (Å²) < 4.78 is 1.84. The second-order valence-electron chi connectivity index (χ2n) is 5.71. The summed E-state index contributed by atoms with van der Waals surface area (Å²) in [4.78, 5) is 20.3. The Balaban J connectivity index is 1.75. The Labute approximate surface area is 123 Å². The molecule has 1 saturated carbocycles. The zero-order valence-electron chi connectivity index (χ0n) is 12.0. The van der Waals surface area contributed by atoms with Gasteiger partial charge in [-0.3, -0.25) is 14.5 Å². The number of hydrogen-bond acceptors (Lipinski definition) is 4. The maximum atomic E-state index is 11.7. The minimum atomic E-state index is -0.806. The van der Waals surface area contributed by atoms with Crippen LogP contribution in [0, 0.1) is 0 Å². The number of imidazole rings is 1. The average molecular weight is 288 g/mol. The van der Waals surface area contributed by atoms with Gasteiger partial charge in [0.2, 0.25) is 5.78 Å². The molecule has 0 radical (unpaired) electrons. The lowest BCUT2D eigenvalue weighted by Crippen LogP contribution is -2.51. The summed E-state index contributed by atoms with van der Waals surface area (Å²) in [6.45, 7) is 0.454. The van der Waals surface area contributed by atoms with Gasteiger partial charge in [0, 0.05) is 25.1 Å². The van der Waals surface area contributed by atoms with Crippen molar-refractivity contribution in [3.05, 3.63) is 30.4 Å². The van der Waals surface area contributed by atoms with Crippen LogP contribution in [0.4, 0.5) is 0 Å². The van der Waals surface area contributed by atoms with E-state index in [2.05, 4.69) is 15.3 Å². The Morgan fingerprint density at radius 2 is 2.10 bits per heavy atom. The Kier molecular flexibility index (Phi) is 3.88. The fourth-order valence-corrected chi connectivity index (χ4v) is 3.02. The van der Waals surface area contributed by atoms with E-state index in [9.17, 15) is 9.90 Å². The number of hydrogen-bond donors (Lipinski definition) is 2. The smallest absolute Gasteiger partial charge is 0.323 e. The van der Waals surface area contributed by atoms with Gasteiger partial charge >= 0.3 is 5.97 Å². The first-order chi connectivity index (χ1) is 10.2. The molecule has 21 heavy (non-hydrogen) atoms. The van der Waals surface area contributed by atoms with Gasteiger partial charge < -0.3 is 5.11 Å². The van der Waals surface area contributed by atoms with E-state index in [1.807, 2.05) is 22.9 Å². The minimum Gasteiger partial charge on any atom is -0.480 e. The molecule has 0 aliphatic heterocycles. The van der Waals surface area contributed by atoms with Crippen LogP contribution in [0.15, 0.2) is 24.7 Å². The molecule has 1 aliphatic carbocycles. The largest absolute Gasteiger partial charge is 0.480 e. The number of aromatic nitrogens is 3. The number of carbonyl (C=O) groups is 1. The van der Waals surface area contributed by atoms with Crippen molar-refractivity contribution in [3.8, 4) is 0 Å². The predicted octanol–water partition coefficient (Wildman–Crippen LogP) is 2.00. The van der Waals surface area contributed by atoms with Gasteiger partial charge in [0.1, 0.15) is 5.54 Å². The first-order valence-electron chi connectivity index (χ1n) is 7.47. The quantitative estimate of drug-likeness (QED) is 0.841. The third kappa shape index (κ3) is 2.90. The summed E-state index contributed by atoms with van der Waals surface area (Å²) in [5.74, 6) is -0.106. The molecule has 2 heterocycles. The SMILES string of the molecule is O=C(O)C1(NCc2cn3cccnc3n2)CCCCCC1. The van der Waals surface area contributed by atoms with E-state index in [4.69, 9.17) is 0 Å². The molecule has 3 rings (SSSR count). The molecular formula is C15H20N4O2. The van der Waals surface area contributed by atoms with Crippen molar-refractivity contribution in [1.29, 1.82) is 0 Å². The molecule has 0 aromatic carbocycles. The fourth-order valence-electron chi connectivity index (χ4n) is 3.02. The number of nitrogens with zero attached hydrogens (tertiary/aromatic N) is 3. The van der Waals surface area contributed by atoms with E-state index in [1.54, 1.807) is 6.20 Å². The van der Waals surface area contributed by atoms with E-state index in [1.165, 1.54) is 0 Å². The van der Waals surface area contributed by atoms with Crippen LogP contribution in [0.25, 0.3) is 5.78 Å². The van der Waals surface area contributed by atoms with Crippen molar-refractivity contribution < 1.29 is 9.90 Å². The van der Waals surface area contributed by atoms with E-state index >= 15 is 0 Å². The van der Waals surface area contributed by atoms with Crippen molar-refractivity contribution >= 4 is 11.7 Å². The molecular weight excluding hydrogens is 268 g/mol. The van der Waals surface area contributed by atoms with Crippen LogP contribution >= 0.6 is 0 Å². The lowest BCUT2D eigenvalue weighted by molar-refractivity contribution is -0.145. The third-order valence-electron chi connectivity index (χ3n) is 4.26. The molecule has 0 atom stereocenters. The Morgan fingerprint density at radius 1 is 1.33 bits per heavy atom. The second-order valence-corrected chi connectivity index (χ2v) is 5.71. The van der Waals surface area contributed by atoms with E-state index in [-0.39, 0.29) is 0 Å². The van der Waals surface area contributed by atoms with Crippen LogP contribution in [0.5, 0.6) is 0 Å². The zero-order valence-corrected chi connectivity index (χ0v) is 12.0. The first kappa shape index (κ1) is 14.0. The molecule has 1 aliphatic rings. The fraction of sp³-hybridized carbons (Fsp3) is 0.533. The Morgan fingerprint density at radius 3 is 2.76 bits per heavy atom. The summed E-state index contributed by atoms with van der Waals surface area (Å²) >= 11 is 0. The first-order valence-corrected chi connectivity index (χ1v) is 7.47. The third-order valence-corrected chi connectivity index (χ3v) is 4.26. The molecule has 2 aromatic rings. The maximum absolute atomic E-state index is 11.7. The van der Waals surface area contributed by atoms with Crippen LogP contribution in [-0.4, -0.2) is 31.0 Å². The molecule has 0 unspecified atom stereocenters. The number of nitrogens with one attached hydrogen (secondary N) is 1. The van der Waals surface area contributed by atoms with Crippen molar-refractivity contribution in [3.63, 3.8) is 0 Å². The van der Waals surface area contributed by atoms with Crippen LogP contribution in [0.1, 0.15) is 44.2 Å². The molecule has 0 saturated heterocycles. The maximum Gasteiger partial charge on any atom is 0.323 e. The van der Waals surface area contributed by atoms with E-state index in [0.717, 1.165) is 31.4 Å². The molecule has 6 heteroatoms. The number of aliphatic carboxylic acids is 1. The van der Waals surface area contributed by atoms with Crippen molar-refractivity contribution in [2.75, 3.05) is 0 Å². The molecule has 112 valence electrons. The molecule has 6 nitrogen and oxygen atoms in total. The highest BCUT2D eigenvalue weighted by Gasteiger charge is 2.38. The van der Waals surface area contributed by atoms with Gasteiger partial charge in [-0.15, -0.1) is 0 Å². The van der Waals surface area contributed by atoms with Crippen LogP contribution in [0.2, 0.25) is 0 Å². The lowest BCUT2D eigenvalue weighted by atomic mass is 9.90. The molecule has 0 spiro atoms. The molecule has 1 fully saturated rings. The number of rotatable bonds is 4. The van der Waals surface area contributed by atoms with Gasteiger partial charge in [-0.05, 0) is 18.9 Å². The standard InChI is InChI=1S/C15H20N4O2/c20-13(21)15(6-3-1-2-4-7-15)17-10-12-11-19-9-5-8-16-14(19)18-12/h5,8-9,11,17H,1-4,6-7,10H2,(H,20,21). The highest BCUT2D eigenvalue weighted by molar-refractivity contribution is 5.78. The summed E-state index contributed by atoms with van der Waals surface area (Å²) in [7, 11) is 0. The van der Waals surface area contributed by atoms with Gasteiger partial charge in [-0.25, -0.2) is 9.97 Å².